The minimum Gasteiger partial charge on any atom is -0.324 e. The van der Waals surface area contributed by atoms with Gasteiger partial charge in [0.25, 0.3) is 5.56 Å². The molecule has 0 aliphatic rings. The lowest BCUT2D eigenvalue weighted by molar-refractivity contribution is -0.118. The van der Waals surface area contributed by atoms with Crippen molar-refractivity contribution in [2.45, 2.75) is 26.8 Å². The molecule has 1 atom stereocenters. The third kappa shape index (κ3) is 3.52. The molecule has 0 fully saturated rings. The van der Waals surface area contributed by atoms with Gasteiger partial charge in [-0.15, -0.1) is 0 Å². The van der Waals surface area contributed by atoms with Crippen molar-refractivity contribution >= 4 is 23.2 Å². The summed E-state index contributed by atoms with van der Waals surface area (Å²) in [4.78, 5) is 24.1. The van der Waals surface area contributed by atoms with Crippen molar-refractivity contribution < 1.29 is 4.79 Å². The monoisotopic (exact) mass is 304 g/mol. The summed E-state index contributed by atoms with van der Waals surface area (Å²) in [5.41, 5.74) is 2.28. The summed E-state index contributed by atoms with van der Waals surface area (Å²) < 4.78 is 1.42. The first kappa shape index (κ1) is 15.3. The maximum atomic E-state index is 12.3. The molecule has 5 heteroatoms. The summed E-state index contributed by atoms with van der Waals surface area (Å²) in [6.07, 6.45) is 1.68. The van der Waals surface area contributed by atoms with Crippen LogP contribution in [0.2, 0.25) is 5.02 Å². The van der Waals surface area contributed by atoms with E-state index >= 15 is 0 Å². The van der Waals surface area contributed by atoms with Gasteiger partial charge in [0.1, 0.15) is 6.04 Å². The molecule has 1 unspecified atom stereocenters. The molecule has 0 saturated heterocycles. The fourth-order valence-corrected chi connectivity index (χ4v) is 2.14. The van der Waals surface area contributed by atoms with Crippen molar-refractivity contribution in [1.82, 2.24) is 4.57 Å². The zero-order valence-corrected chi connectivity index (χ0v) is 12.9. The summed E-state index contributed by atoms with van der Waals surface area (Å²) in [5, 5.41) is 3.36. The van der Waals surface area contributed by atoms with Crippen LogP contribution in [0.4, 0.5) is 5.69 Å². The van der Waals surface area contributed by atoms with E-state index in [1.807, 2.05) is 19.9 Å². The lowest BCUT2D eigenvalue weighted by Crippen LogP contribution is -2.31. The quantitative estimate of drug-likeness (QED) is 0.945. The molecule has 0 radical (unpaired) electrons. The molecule has 2 aromatic rings. The number of anilines is 1. The summed E-state index contributed by atoms with van der Waals surface area (Å²) in [5.74, 6) is -0.261. The Morgan fingerprint density at radius 1 is 1.24 bits per heavy atom. The van der Waals surface area contributed by atoms with Gasteiger partial charge in [-0.05, 0) is 44.0 Å². The SMILES string of the molecule is Cc1ccc(=O)n(C(C)C(=O)Nc2ccc(C)c(Cl)c2)c1. The summed E-state index contributed by atoms with van der Waals surface area (Å²) in [7, 11) is 0. The number of rotatable bonds is 3. The van der Waals surface area contributed by atoms with E-state index in [1.165, 1.54) is 10.6 Å². The van der Waals surface area contributed by atoms with Crippen molar-refractivity contribution in [2.75, 3.05) is 5.32 Å². The van der Waals surface area contributed by atoms with Gasteiger partial charge in [0, 0.05) is 23.0 Å². The molecule has 1 heterocycles. The van der Waals surface area contributed by atoms with Gasteiger partial charge in [-0.2, -0.15) is 0 Å². The van der Waals surface area contributed by atoms with Gasteiger partial charge < -0.3 is 9.88 Å². The average molecular weight is 305 g/mol. The van der Waals surface area contributed by atoms with Gasteiger partial charge in [0.15, 0.2) is 0 Å². The number of hydrogen-bond donors (Lipinski definition) is 1. The van der Waals surface area contributed by atoms with Gasteiger partial charge in [0.2, 0.25) is 5.91 Å². The highest BCUT2D eigenvalue weighted by molar-refractivity contribution is 6.31. The van der Waals surface area contributed by atoms with E-state index in [-0.39, 0.29) is 11.5 Å². The van der Waals surface area contributed by atoms with Gasteiger partial charge in [-0.1, -0.05) is 23.7 Å². The number of carbonyl (C=O) groups is 1. The molecule has 1 amide bonds. The highest BCUT2D eigenvalue weighted by Crippen LogP contribution is 2.20. The Morgan fingerprint density at radius 3 is 2.62 bits per heavy atom. The first-order valence-electron chi connectivity index (χ1n) is 6.64. The molecule has 0 saturated carbocycles. The van der Waals surface area contributed by atoms with Crippen LogP contribution in [-0.2, 0) is 4.79 Å². The summed E-state index contributed by atoms with van der Waals surface area (Å²) >= 11 is 6.03. The maximum Gasteiger partial charge on any atom is 0.251 e. The first-order chi connectivity index (χ1) is 9.88. The van der Waals surface area contributed by atoms with Crippen LogP contribution < -0.4 is 10.9 Å². The van der Waals surface area contributed by atoms with E-state index in [9.17, 15) is 9.59 Å². The maximum absolute atomic E-state index is 12.3. The number of hydrogen-bond acceptors (Lipinski definition) is 2. The number of nitrogens with one attached hydrogen (secondary N) is 1. The van der Waals surface area contributed by atoms with Crippen molar-refractivity contribution in [2.24, 2.45) is 0 Å². The molecule has 1 N–H and O–H groups in total. The molecule has 0 aliphatic carbocycles. The lowest BCUT2D eigenvalue weighted by Gasteiger charge is -2.16. The fraction of sp³-hybridized carbons (Fsp3) is 0.250. The number of pyridine rings is 1. The average Bonchev–Trinajstić information content (AvgIpc) is 2.44. The van der Waals surface area contributed by atoms with E-state index in [2.05, 4.69) is 5.32 Å². The highest BCUT2D eigenvalue weighted by atomic mass is 35.5. The summed E-state index contributed by atoms with van der Waals surface area (Å²) in [6.45, 7) is 5.45. The van der Waals surface area contributed by atoms with Gasteiger partial charge in [0.05, 0.1) is 0 Å². The van der Waals surface area contributed by atoms with E-state index < -0.39 is 6.04 Å². The number of halogens is 1. The topological polar surface area (TPSA) is 51.1 Å². The van der Waals surface area contributed by atoms with E-state index in [0.717, 1.165) is 11.1 Å². The van der Waals surface area contributed by atoms with Crippen molar-refractivity contribution in [1.29, 1.82) is 0 Å². The Hall–Kier alpha value is -2.07. The molecule has 0 spiro atoms. The lowest BCUT2D eigenvalue weighted by atomic mass is 10.2. The largest absolute Gasteiger partial charge is 0.324 e. The number of nitrogens with zero attached hydrogens (tertiary/aromatic N) is 1. The minimum atomic E-state index is -0.600. The standard InChI is InChI=1S/C16H17ClN2O2/c1-10-4-7-15(20)19(9-10)12(3)16(21)18-13-6-5-11(2)14(17)8-13/h4-9,12H,1-3H3,(H,18,21). The van der Waals surface area contributed by atoms with Crippen LogP contribution in [0.25, 0.3) is 0 Å². The van der Waals surface area contributed by atoms with E-state index in [0.29, 0.717) is 10.7 Å². The third-order valence-corrected chi connectivity index (χ3v) is 3.73. The van der Waals surface area contributed by atoms with Gasteiger partial charge in [-0.3, -0.25) is 9.59 Å². The van der Waals surface area contributed by atoms with Crippen LogP contribution in [0, 0.1) is 13.8 Å². The highest BCUT2D eigenvalue weighted by Gasteiger charge is 2.16. The zero-order valence-electron chi connectivity index (χ0n) is 12.2. The number of benzene rings is 1. The molecule has 2 rings (SSSR count). The second-order valence-electron chi connectivity index (χ2n) is 5.08. The third-order valence-electron chi connectivity index (χ3n) is 3.32. The van der Waals surface area contributed by atoms with Crippen LogP contribution >= 0.6 is 11.6 Å². The molecule has 21 heavy (non-hydrogen) atoms. The number of amides is 1. The van der Waals surface area contributed by atoms with Crippen LogP contribution in [0.5, 0.6) is 0 Å². The predicted octanol–water partition coefficient (Wildman–Crippen LogP) is 3.32. The Bertz CT molecular complexity index is 737. The minimum absolute atomic E-state index is 0.204. The number of carbonyl (C=O) groups excluding carboxylic acids is 1. The molecule has 4 nitrogen and oxygen atoms in total. The molecule has 1 aromatic heterocycles. The fourth-order valence-electron chi connectivity index (χ4n) is 1.96. The molecule has 0 aliphatic heterocycles. The molecular formula is C16H17ClN2O2. The van der Waals surface area contributed by atoms with Gasteiger partial charge in [-0.25, -0.2) is 0 Å². The molecule has 110 valence electrons. The molecular weight excluding hydrogens is 288 g/mol. The predicted molar refractivity (Wildman–Crippen MR) is 85.0 cm³/mol. The van der Waals surface area contributed by atoms with Crippen LogP contribution in [0.15, 0.2) is 41.3 Å². The Balaban J connectivity index is 2.21. The zero-order chi connectivity index (χ0) is 15.6. The van der Waals surface area contributed by atoms with Crippen molar-refractivity contribution in [3.05, 3.63) is 63.0 Å². The molecule has 0 bridgehead atoms. The van der Waals surface area contributed by atoms with Crippen LogP contribution in [0.3, 0.4) is 0 Å². The summed E-state index contributed by atoms with van der Waals surface area (Å²) in [6, 6.07) is 7.90. The Kier molecular flexibility index (Phi) is 4.48. The molecule has 1 aromatic carbocycles. The second kappa shape index (κ2) is 6.14. The first-order valence-corrected chi connectivity index (χ1v) is 7.02. The Labute approximate surface area is 128 Å². The second-order valence-corrected chi connectivity index (χ2v) is 5.49. The van der Waals surface area contributed by atoms with Crippen molar-refractivity contribution in [3.63, 3.8) is 0 Å². The number of aromatic nitrogens is 1. The van der Waals surface area contributed by atoms with Crippen molar-refractivity contribution in [3.8, 4) is 0 Å². The Morgan fingerprint density at radius 2 is 1.95 bits per heavy atom. The van der Waals surface area contributed by atoms with E-state index in [4.69, 9.17) is 11.6 Å². The van der Waals surface area contributed by atoms with Crippen LogP contribution in [0.1, 0.15) is 24.1 Å². The number of aryl methyl sites for hydroxylation is 2. The van der Waals surface area contributed by atoms with Crippen LogP contribution in [-0.4, -0.2) is 10.5 Å². The normalized spacial score (nSPS) is 12.0. The van der Waals surface area contributed by atoms with E-state index in [1.54, 1.807) is 31.3 Å². The van der Waals surface area contributed by atoms with Gasteiger partial charge >= 0.3 is 0 Å². The smallest absolute Gasteiger partial charge is 0.251 e.